The first-order valence-corrected chi connectivity index (χ1v) is 7.79. The van der Waals surface area contributed by atoms with E-state index in [1.165, 1.54) is 37.8 Å². The fourth-order valence-electron chi connectivity index (χ4n) is 2.79. The van der Waals surface area contributed by atoms with Crippen LogP contribution in [0.5, 0.6) is 0 Å². The van der Waals surface area contributed by atoms with Gasteiger partial charge in [0.2, 0.25) is 0 Å². The second-order valence-corrected chi connectivity index (χ2v) is 5.98. The molecule has 2 rings (SSSR count). The average Bonchev–Trinajstić information content (AvgIpc) is 2.42. The Hall–Kier alpha value is -0.570. The maximum absolute atomic E-state index is 5.87. The molecule has 19 heavy (non-hydrogen) atoms. The van der Waals surface area contributed by atoms with Gasteiger partial charge in [-0.25, -0.2) is 0 Å². The van der Waals surface area contributed by atoms with Crippen LogP contribution in [0.3, 0.4) is 0 Å². The SMILES string of the molecule is CN1CCCCC1CCNCCc1ccc(Cl)cc1. The van der Waals surface area contributed by atoms with Gasteiger partial charge in [-0.15, -0.1) is 0 Å². The third kappa shape index (κ3) is 5.13. The summed E-state index contributed by atoms with van der Waals surface area (Å²) in [5.41, 5.74) is 1.35. The first kappa shape index (κ1) is 14.8. The Morgan fingerprint density at radius 1 is 1.21 bits per heavy atom. The van der Waals surface area contributed by atoms with E-state index in [0.29, 0.717) is 0 Å². The molecule has 1 N–H and O–H groups in total. The molecule has 0 saturated carbocycles. The molecule has 0 spiro atoms. The van der Waals surface area contributed by atoms with E-state index in [9.17, 15) is 0 Å². The van der Waals surface area contributed by atoms with Crippen LogP contribution in [0.2, 0.25) is 5.02 Å². The van der Waals surface area contributed by atoms with Crippen LogP contribution < -0.4 is 5.32 Å². The number of hydrogen-bond acceptors (Lipinski definition) is 2. The summed E-state index contributed by atoms with van der Waals surface area (Å²) in [6.07, 6.45) is 6.50. The fourth-order valence-corrected chi connectivity index (χ4v) is 2.91. The molecule has 0 aromatic heterocycles. The van der Waals surface area contributed by atoms with Gasteiger partial charge in [0.1, 0.15) is 0 Å². The van der Waals surface area contributed by atoms with E-state index in [1.807, 2.05) is 12.1 Å². The van der Waals surface area contributed by atoms with Crippen molar-refractivity contribution in [2.24, 2.45) is 0 Å². The average molecular weight is 281 g/mol. The quantitative estimate of drug-likeness (QED) is 0.804. The number of rotatable bonds is 6. The van der Waals surface area contributed by atoms with Gasteiger partial charge in [-0.05, 0) is 70.1 Å². The molecule has 1 unspecified atom stereocenters. The number of benzene rings is 1. The summed E-state index contributed by atoms with van der Waals surface area (Å²) < 4.78 is 0. The molecule has 106 valence electrons. The smallest absolute Gasteiger partial charge is 0.0406 e. The van der Waals surface area contributed by atoms with Gasteiger partial charge >= 0.3 is 0 Å². The summed E-state index contributed by atoms with van der Waals surface area (Å²) in [4.78, 5) is 2.52. The molecule has 2 nitrogen and oxygen atoms in total. The minimum atomic E-state index is 0.789. The van der Waals surface area contributed by atoms with Gasteiger partial charge < -0.3 is 10.2 Å². The molecule has 0 bridgehead atoms. The van der Waals surface area contributed by atoms with Crippen molar-refractivity contribution in [1.82, 2.24) is 10.2 Å². The first-order valence-electron chi connectivity index (χ1n) is 7.41. The number of piperidine rings is 1. The van der Waals surface area contributed by atoms with Crippen molar-refractivity contribution in [1.29, 1.82) is 0 Å². The van der Waals surface area contributed by atoms with Crippen LogP contribution in [0.15, 0.2) is 24.3 Å². The van der Waals surface area contributed by atoms with Gasteiger partial charge in [-0.3, -0.25) is 0 Å². The number of hydrogen-bond donors (Lipinski definition) is 1. The number of nitrogens with zero attached hydrogens (tertiary/aromatic N) is 1. The lowest BCUT2D eigenvalue weighted by Gasteiger charge is -2.32. The molecule has 1 aromatic carbocycles. The van der Waals surface area contributed by atoms with Crippen LogP contribution in [0, 0.1) is 0 Å². The summed E-state index contributed by atoms with van der Waals surface area (Å²) >= 11 is 5.87. The van der Waals surface area contributed by atoms with E-state index in [4.69, 9.17) is 11.6 Å². The lowest BCUT2D eigenvalue weighted by molar-refractivity contribution is 0.175. The lowest BCUT2D eigenvalue weighted by Crippen LogP contribution is -2.38. The second kappa shape index (κ2) is 7.88. The van der Waals surface area contributed by atoms with Crippen LogP contribution in [-0.4, -0.2) is 37.6 Å². The molecule has 0 radical (unpaired) electrons. The van der Waals surface area contributed by atoms with Crippen LogP contribution in [0.4, 0.5) is 0 Å². The Labute approximate surface area is 122 Å². The molecule has 0 aliphatic carbocycles. The van der Waals surface area contributed by atoms with Crippen molar-refractivity contribution >= 4 is 11.6 Å². The van der Waals surface area contributed by atoms with Gasteiger partial charge in [0.15, 0.2) is 0 Å². The minimum absolute atomic E-state index is 0.789. The summed E-state index contributed by atoms with van der Waals surface area (Å²) in [5.74, 6) is 0. The Bertz CT molecular complexity index is 364. The summed E-state index contributed by atoms with van der Waals surface area (Å²) in [6.45, 7) is 3.45. The highest BCUT2D eigenvalue weighted by atomic mass is 35.5. The molecule has 1 aliphatic rings. The van der Waals surface area contributed by atoms with Crippen molar-refractivity contribution in [3.05, 3.63) is 34.9 Å². The van der Waals surface area contributed by atoms with Crippen LogP contribution in [-0.2, 0) is 6.42 Å². The second-order valence-electron chi connectivity index (χ2n) is 5.55. The van der Waals surface area contributed by atoms with Crippen molar-refractivity contribution < 1.29 is 0 Å². The molecule has 0 amide bonds. The summed E-state index contributed by atoms with van der Waals surface area (Å²) in [6, 6.07) is 8.94. The van der Waals surface area contributed by atoms with Gasteiger partial charge in [-0.2, -0.15) is 0 Å². The lowest BCUT2D eigenvalue weighted by atomic mass is 10.0. The molecular weight excluding hydrogens is 256 g/mol. The van der Waals surface area contributed by atoms with Crippen LogP contribution in [0.1, 0.15) is 31.2 Å². The monoisotopic (exact) mass is 280 g/mol. The first-order chi connectivity index (χ1) is 9.25. The van der Waals surface area contributed by atoms with E-state index in [2.05, 4.69) is 29.4 Å². The van der Waals surface area contributed by atoms with E-state index < -0.39 is 0 Å². The molecular formula is C16H25ClN2. The van der Waals surface area contributed by atoms with Crippen molar-refractivity contribution in [3.63, 3.8) is 0 Å². The van der Waals surface area contributed by atoms with Gasteiger partial charge in [0.25, 0.3) is 0 Å². The minimum Gasteiger partial charge on any atom is -0.316 e. The summed E-state index contributed by atoms with van der Waals surface area (Å²) in [5, 5.41) is 4.37. The molecule has 1 atom stereocenters. The molecule has 1 saturated heterocycles. The predicted octanol–water partition coefficient (Wildman–Crippen LogP) is 3.35. The predicted molar refractivity (Wildman–Crippen MR) is 82.9 cm³/mol. The normalized spacial score (nSPS) is 20.6. The molecule has 3 heteroatoms. The Morgan fingerprint density at radius 2 is 2.00 bits per heavy atom. The largest absolute Gasteiger partial charge is 0.316 e. The van der Waals surface area contributed by atoms with E-state index in [-0.39, 0.29) is 0 Å². The van der Waals surface area contributed by atoms with Crippen molar-refractivity contribution in [2.75, 3.05) is 26.7 Å². The van der Waals surface area contributed by atoms with Crippen LogP contribution in [0.25, 0.3) is 0 Å². The molecule has 1 heterocycles. The topological polar surface area (TPSA) is 15.3 Å². The highest BCUT2D eigenvalue weighted by Crippen LogP contribution is 2.17. The third-order valence-corrected chi connectivity index (χ3v) is 4.33. The van der Waals surface area contributed by atoms with Crippen molar-refractivity contribution in [2.45, 2.75) is 38.1 Å². The van der Waals surface area contributed by atoms with E-state index in [1.54, 1.807) is 0 Å². The third-order valence-electron chi connectivity index (χ3n) is 4.08. The van der Waals surface area contributed by atoms with Gasteiger partial charge in [-0.1, -0.05) is 30.2 Å². The van der Waals surface area contributed by atoms with Gasteiger partial charge in [0, 0.05) is 11.1 Å². The highest BCUT2D eigenvalue weighted by Gasteiger charge is 2.17. The number of likely N-dealkylation sites (tertiary alicyclic amines) is 1. The Kier molecular flexibility index (Phi) is 6.15. The maximum Gasteiger partial charge on any atom is 0.0406 e. The van der Waals surface area contributed by atoms with Gasteiger partial charge in [0.05, 0.1) is 0 Å². The van der Waals surface area contributed by atoms with Crippen molar-refractivity contribution in [3.8, 4) is 0 Å². The van der Waals surface area contributed by atoms with E-state index in [0.717, 1.165) is 30.6 Å². The zero-order chi connectivity index (χ0) is 13.5. The van der Waals surface area contributed by atoms with E-state index >= 15 is 0 Å². The highest BCUT2D eigenvalue weighted by molar-refractivity contribution is 6.30. The zero-order valence-corrected chi connectivity index (χ0v) is 12.6. The Morgan fingerprint density at radius 3 is 2.74 bits per heavy atom. The fraction of sp³-hybridized carbons (Fsp3) is 0.625. The zero-order valence-electron chi connectivity index (χ0n) is 11.9. The molecule has 1 aromatic rings. The molecule has 1 fully saturated rings. The number of nitrogens with one attached hydrogen (secondary N) is 1. The summed E-state index contributed by atoms with van der Waals surface area (Å²) in [7, 11) is 2.26. The molecule has 1 aliphatic heterocycles. The van der Waals surface area contributed by atoms with Crippen LogP contribution >= 0.6 is 11.6 Å². The Balaban J connectivity index is 1.58. The maximum atomic E-state index is 5.87. The standard InChI is InChI=1S/C16H25ClN2/c1-19-13-3-2-4-16(19)10-12-18-11-9-14-5-7-15(17)8-6-14/h5-8,16,18H,2-4,9-13H2,1H3. The number of halogens is 1.